The van der Waals surface area contributed by atoms with E-state index < -0.39 is 10.8 Å². The lowest BCUT2D eigenvalue weighted by Gasteiger charge is -2.18. The van der Waals surface area contributed by atoms with E-state index in [0.29, 0.717) is 5.75 Å². The van der Waals surface area contributed by atoms with E-state index in [2.05, 4.69) is 24.8 Å². The molecule has 0 fully saturated rings. The van der Waals surface area contributed by atoms with Crippen molar-refractivity contribution in [3.05, 3.63) is 71.8 Å². The molecule has 1 atom stereocenters. The lowest BCUT2D eigenvalue weighted by Crippen LogP contribution is -2.09. The minimum Gasteiger partial charge on any atom is -0.254 e. The third kappa shape index (κ3) is 1.38. The third-order valence-electron chi connectivity index (χ3n) is 3.86. The maximum absolute atomic E-state index is 12.4. The number of allylic oxidation sites excluding steroid dienone is 2. The van der Waals surface area contributed by atoms with Crippen molar-refractivity contribution in [1.29, 1.82) is 0 Å². The van der Waals surface area contributed by atoms with E-state index in [1.165, 1.54) is 22.3 Å². The van der Waals surface area contributed by atoms with Gasteiger partial charge in [0.2, 0.25) is 0 Å². The molecule has 0 radical (unpaired) electrons. The predicted molar refractivity (Wildman–Crippen MR) is 80.0 cm³/mol. The normalized spacial score (nSPS) is 20.0. The van der Waals surface area contributed by atoms with E-state index in [0.717, 1.165) is 16.0 Å². The Bertz CT molecular complexity index is 783. The SMILES string of the molecule is C=C1C2=C(CS(=O)c3ccccc32)c2ccccc21. The molecule has 4 rings (SSSR count). The number of fused-ring (bicyclic) bond motifs is 4. The Morgan fingerprint density at radius 1 is 0.895 bits per heavy atom. The van der Waals surface area contributed by atoms with E-state index in [1.54, 1.807) is 0 Å². The summed E-state index contributed by atoms with van der Waals surface area (Å²) < 4.78 is 12.4. The van der Waals surface area contributed by atoms with Gasteiger partial charge < -0.3 is 0 Å². The maximum Gasteiger partial charge on any atom is 0.0580 e. The molecule has 0 saturated carbocycles. The van der Waals surface area contributed by atoms with Crippen LogP contribution in [0.25, 0.3) is 16.7 Å². The van der Waals surface area contributed by atoms with Crippen LogP contribution in [-0.2, 0) is 10.8 Å². The Hall–Kier alpha value is -1.93. The van der Waals surface area contributed by atoms with Gasteiger partial charge >= 0.3 is 0 Å². The molecule has 1 nitrogen and oxygen atoms in total. The van der Waals surface area contributed by atoms with Crippen molar-refractivity contribution in [3.63, 3.8) is 0 Å². The standard InChI is InChI=1S/C17H12OS/c1-11-12-6-2-3-7-13(12)15-10-19(18)16-9-5-4-8-14(16)17(11)15/h2-9H,1,10H2. The molecule has 1 aliphatic heterocycles. The van der Waals surface area contributed by atoms with E-state index in [1.807, 2.05) is 30.3 Å². The highest BCUT2D eigenvalue weighted by molar-refractivity contribution is 7.85. The fourth-order valence-electron chi connectivity index (χ4n) is 3.02. The molecule has 0 bridgehead atoms. The highest BCUT2D eigenvalue weighted by atomic mass is 32.2. The first kappa shape index (κ1) is 10.9. The molecule has 92 valence electrons. The largest absolute Gasteiger partial charge is 0.254 e. The van der Waals surface area contributed by atoms with Gasteiger partial charge in [0, 0.05) is 4.90 Å². The second-order valence-electron chi connectivity index (χ2n) is 4.86. The van der Waals surface area contributed by atoms with Crippen molar-refractivity contribution in [2.45, 2.75) is 4.90 Å². The molecule has 19 heavy (non-hydrogen) atoms. The van der Waals surface area contributed by atoms with Crippen molar-refractivity contribution in [1.82, 2.24) is 0 Å². The Labute approximate surface area is 114 Å². The Kier molecular flexibility index (Phi) is 2.18. The molecule has 1 heterocycles. The van der Waals surface area contributed by atoms with Crippen LogP contribution in [0.4, 0.5) is 0 Å². The Morgan fingerprint density at radius 2 is 1.53 bits per heavy atom. The van der Waals surface area contributed by atoms with Crippen LogP contribution in [0.5, 0.6) is 0 Å². The van der Waals surface area contributed by atoms with E-state index in [9.17, 15) is 4.21 Å². The third-order valence-corrected chi connectivity index (χ3v) is 5.26. The van der Waals surface area contributed by atoms with Gasteiger partial charge in [-0.2, -0.15) is 0 Å². The molecule has 0 amide bonds. The molecule has 2 aromatic carbocycles. The van der Waals surface area contributed by atoms with Gasteiger partial charge in [-0.15, -0.1) is 0 Å². The predicted octanol–water partition coefficient (Wildman–Crippen LogP) is 3.75. The first-order valence-electron chi connectivity index (χ1n) is 6.27. The lowest BCUT2D eigenvalue weighted by atomic mass is 9.97. The van der Waals surface area contributed by atoms with Crippen molar-refractivity contribution >= 4 is 27.5 Å². The monoisotopic (exact) mass is 264 g/mol. The van der Waals surface area contributed by atoms with E-state index >= 15 is 0 Å². The summed E-state index contributed by atoms with van der Waals surface area (Å²) >= 11 is 0. The van der Waals surface area contributed by atoms with Crippen molar-refractivity contribution in [2.75, 3.05) is 5.75 Å². The van der Waals surface area contributed by atoms with Gasteiger partial charge in [-0.05, 0) is 39.5 Å². The van der Waals surface area contributed by atoms with Gasteiger partial charge in [-0.25, -0.2) is 0 Å². The molecule has 1 aliphatic carbocycles. The zero-order valence-corrected chi connectivity index (χ0v) is 11.2. The van der Waals surface area contributed by atoms with Gasteiger partial charge in [0.1, 0.15) is 0 Å². The Balaban J connectivity index is 2.06. The minimum absolute atomic E-state index is 0.600. The van der Waals surface area contributed by atoms with Crippen LogP contribution in [0.1, 0.15) is 16.7 Å². The molecular formula is C17H12OS. The summed E-state index contributed by atoms with van der Waals surface area (Å²) in [7, 11) is -0.947. The first-order valence-corrected chi connectivity index (χ1v) is 7.59. The second-order valence-corrected chi connectivity index (χ2v) is 6.28. The smallest absolute Gasteiger partial charge is 0.0580 e. The van der Waals surface area contributed by atoms with Gasteiger partial charge in [0.05, 0.1) is 16.6 Å². The number of benzene rings is 2. The molecule has 1 unspecified atom stereocenters. The lowest BCUT2D eigenvalue weighted by molar-refractivity contribution is 0.685. The van der Waals surface area contributed by atoms with Crippen LogP contribution in [0.3, 0.4) is 0 Å². The zero-order valence-electron chi connectivity index (χ0n) is 10.3. The average molecular weight is 264 g/mol. The summed E-state index contributed by atoms with van der Waals surface area (Å²) in [6.45, 7) is 4.25. The van der Waals surface area contributed by atoms with Gasteiger partial charge in [-0.1, -0.05) is 49.0 Å². The summed E-state index contributed by atoms with van der Waals surface area (Å²) in [6.07, 6.45) is 0. The molecular weight excluding hydrogens is 252 g/mol. The first-order chi connectivity index (χ1) is 9.27. The number of rotatable bonds is 0. The summed E-state index contributed by atoms with van der Waals surface area (Å²) in [5, 5.41) is 0. The fourth-order valence-corrected chi connectivity index (χ4v) is 4.38. The van der Waals surface area contributed by atoms with Crippen molar-refractivity contribution in [2.24, 2.45) is 0 Å². The molecule has 0 aromatic heterocycles. The minimum atomic E-state index is -0.947. The summed E-state index contributed by atoms with van der Waals surface area (Å²) in [6, 6.07) is 16.2. The second kappa shape index (κ2) is 3.78. The molecule has 0 N–H and O–H groups in total. The van der Waals surface area contributed by atoms with Crippen LogP contribution in [0, 0.1) is 0 Å². The van der Waals surface area contributed by atoms with Crippen molar-refractivity contribution < 1.29 is 4.21 Å². The van der Waals surface area contributed by atoms with Crippen molar-refractivity contribution in [3.8, 4) is 0 Å². The number of hydrogen-bond donors (Lipinski definition) is 0. The van der Waals surface area contributed by atoms with Crippen LogP contribution in [0.2, 0.25) is 0 Å². The van der Waals surface area contributed by atoms with Gasteiger partial charge in [-0.3, -0.25) is 4.21 Å². The summed E-state index contributed by atoms with van der Waals surface area (Å²) in [5.74, 6) is 0.600. The van der Waals surface area contributed by atoms with Crippen LogP contribution in [-0.4, -0.2) is 9.96 Å². The summed E-state index contributed by atoms with van der Waals surface area (Å²) in [5.41, 5.74) is 6.92. The highest BCUT2D eigenvalue weighted by Crippen LogP contribution is 2.49. The maximum atomic E-state index is 12.4. The zero-order chi connectivity index (χ0) is 13.0. The van der Waals surface area contributed by atoms with Crippen LogP contribution in [0.15, 0.2) is 60.0 Å². The Morgan fingerprint density at radius 3 is 2.32 bits per heavy atom. The average Bonchev–Trinajstić information content (AvgIpc) is 2.73. The van der Waals surface area contributed by atoms with Crippen LogP contribution >= 0.6 is 0 Å². The van der Waals surface area contributed by atoms with Crippen LogP contribution < -0.4 is 0 Å². The molecule has 2 aliphatic rings. The summed E-state index contributed by atoms with van der Waals surface area (Å²) in [4.78, 5) is 0.940. The molecule has 0 saturated heterocycles. The topological polar surface area (TPSA) is 17.1 Å². The van der Waals surface area contributed by atoms with Gasteiger partial charge in [0.25, 0.3) is 0 Å². The highest BCUT2D eigenvalue weighted by Gasteiger charge is 2.32. The fraction of sp³-hybridized carbons (Fsp3) is 0.0588. The quantitative estimate of drug-likeness (QED) is 0.708. The molecule has 0 spiro atoms. The molecule has 2 heteroatoms. The number of hydrogen-bond acceptors (Lipinski definition) is 1. The van der Waals surface area contributed by atoms with Gasteiger partial charge in [0.15, 0.2) is 0 Å². The molecule has 2 aromatic rings. The van der Waals surface area contributed by atoms with E-state index in [4.69, 9.17) is 0 Å². The van der Waals surface area contributed by atoms with E-state index in [-0.39, 0.29) is 0 Å².